The van der Waals surface area contributed by atoms with Crippen LogP contribution in [0.2, 0.25) is 0 Å². The zero-order chi connectivity index (χ0) is 52.8. The number of carbonyl (C=O) groups is 16. The Balaban J connectivity index is 5.08. The van der Waals surface area contributed by atoms with Crippen LogP contribution in [0.5, 0.6) is 0 Å². The Morgan fingerprint density at radius 2 is 0.565 bits per heavy atom. The molecule has 0 fully saturated rings. The van der Waals surface area contributed by atoms with Gasteiger partial charge in [0.2, 0.25) is 65.0 Å². The van der Waals surface area contributed by atoms with Crippen LogP contribution in [0.1, 0.15) is 0 Å². The predicted octanol–water partition coefficient (Wildman–Crippen LogP) is -12.9. The maximum absolute atomic E-state index is 12.8. The summed E-state index contributed by atoms with van der Waals surface area (Å²) < 4.78 is 0. The van der Waals surface area contributed by atoms with E-state index in [0.29, 0.717) is 19.6 Å². The summed E-state index contributed by atoms with van der Waals surface area (Å²) in [6.45, 7) is -14.3. The number of hydrogen-bond donors (Lipinski definition) is 14. The summed E-state index contributed by atoms with van der Waals surface area (Å²) in [6, 6.07) is 0. The summed E-state index contributed by atoms with van der Waals surface area (Å²) in [7, 11) is 0. The summed E-state index contributed by atoms with van der Waals surface area (Å²) >= 11 is 0. The molecule has 12 amide bonds. The van der Waals surface area contributed by atoms with Crippen molar-refractivity contribution < 1.29 is 97.1 Å². The zero-order valence-electron chi connectivity index (χ0n) is 36.5. The molecule has 0 aliphatic carbocycles. The van der Waals surface area contributed by atoms with Crippen molar-refractivity contribution in [3.8, 4) is 0 Å². The number of aliphatic carboxylic acids is 4. The predicted molar refractivity (Wildman–Crippen MR) is 222 cm³/mol. The van der Waals surface area contributed by atoms with Crippen LogP contribution in [-0.2, 0) is 76.7 Å². The SMILES string of the molecule is NCC(=O)NCC(=O)N(CC(=O)O)CC(=O)NCC(=O)NCC(=O)N(CC(=O)O)CC(=O)NCCNC(=O)CN(CC(=O)O)C(=O)CN(N)C(=O)CNC(=O)CN(CC(=O)O)C(=O)CNC(=O)CN. The van der Waals surface area contributed by atoms with Gasteiger partial charge in [-0.3, -0.25) is 81.7 Å². The molecule has 35 heteroatoms. The van der Waals surface area contributed by atoms with E-state index in [1.807, 2.05) is 5.32 Å². The highest BCUT2D eigenvalue weighted by Gasteiger charge is 2.26. The van der Waals surface area contributed by atoms with Crippen LogP contribution < -0.4 is 54.5 Å². The lowest BCUT2D eigenvalue weighted by atomic mass is 10.3. The lowest BCUT2D eigenvalue weighted by Crippen LogP contribution is -2.53. The molecule has 0 aromatic rings. The first kappa shape index (κ1) is 60.4. The van der Waals surface area contributed by atoms with Crippen LogP contribution in [0.3, 0.4) is 0 Å². The number of carboxylic acids is 4. The second-order valence-electron chi connectivity index (χ2n) is 13.6. The van der Waals surface area contributed by atoms with E-state index in [-0.39, 0.29) is 18.1 Å². The molecule has 69 heavy (non-hydrogen) atoms. The van der Waals surface area contributed by atoms with E-state index in [1.165, 1.54) is 0 Å². The third-order valence-electron chi connectivity index (χ3n) is 8.01. The van der Waals surface area contributed by atoms with E-state index in [9.17, 15) is 86.9 Å². The minimum absolute atomic E-state index is 0.255. The third kappa shape index (κ3) is 28.1. The Hall–Kier alpha value is -8.60. The number of carbonyl (C=O) groups excluding carboxylic acids is 12. The lowest BCUT2D eigenvalue weighted by molar-refractivity contribution is -0.148. The van der Waals surface area contributed by atoms with Gasteiger partial charge in [0.1, 0.15) is 58.9 Å². The van der Waals surface area contributed by atoms with Crippen molar-refractivity contribution >= 4 is 94.8 Å². The standard InChI is InChI=1S/C34H53N15O20/c35-3-19(50)41-6-26(57)46(16-32(64)65)12-24(55)40-5-21(52)43-8-28(59)45(15-31(62)63)10-22(53)38-1-2-39-23(54)11-48(18-34(68)69)30(61)14-49(37)29(60)9-44-25(56)13-47(17-33(66)67)27(58)7-42-20(51)4-36/h1-18,35-37H2,(H,38,53)(H,39,54)(H,40,55)(H,41,50)(H,42,51)(H,43,52)(H,44,56)(H,62,63)(H,64,65)(H,66,67)(H,68,69). The Kier molecular flexibility index (Phi) is 28.1. The summed E-state index contributed by atoms with van der Waals surface area (Å²) in [5.41, 5.74) is 10.2. The number of nitrogens with one attached hydrogen (secondary N) is 7. The molecule has 0 atom stereocenters. The lowest BCUT2D eigenvalue weighted by Gasteiger charge is -2.24. The first-order valence-electron chi connectivity index (χ1n) is 19.6. The minimum atomic E-state index is -1.60. The highest BCUT2D eigenvalue weighted by Crippen LogP contribution is 1.96. The Morgan fingerprint density at radius 1 is 0.304 bits per heavy atom. The molecule has 0 radical (unpaired) electrons. The fourth-order valence-electron chi connectivity index (χ4n) is 4.76. The number of hydrazine groups is 1. The molecule has 0 saturated heterocycles. The largest absolute Gasteiger partial charge is 0.480 e. The number of hydrogen-bond acceptors (Lipinski definition) is 19. The molecule has 0 aliphatic heterocycles. The van der Waals surface area contributed by atoms with E-state index in [2.05, 4.69) is 31.9 Å². The quantitative estimate of drug-likeness (QED) is 0.0126. The highest BCUT2D eigenvalue weighted by molar-refractivity contribution is 5.95. The van der Waals surface area contributed by atoms with E-state index < -0.39 is 199 Å². The molecule has 0 aromatic heterocycles. The van der Waals surface area contributed by atoms with Gasteiger partial charge >= 0.3 is 23.9 Å². The fourth-order valence-corrected chi connectivity index (χ4v) is 4.76. The minimum Gasteiger partial charge on any atom is -0.480 e. The van der Waals surface area contributed by atoms with E-state index in [0.717, 1.165) is 0 Å². The van der Waals surface area contributed by atoms with Gasteiger partial charge in [-0.25, -0.2) is 5.84 Å². The van der Waals surface area contributed by atoms with Gasteiger partial charge in [-0.05, 0) is 0 Å². The molecule has 0 aliphatic rings. The summed E-state index contributed by atoms with van der Waals surface area (Å²) in [5, 5.41) is 51.7. The summed E-state index contributed by atoms with van der Waals surface area (Å²) in [6.07, 6.45) is 0. The summed E-state index contributed by atoms with van der Waals surface area (Å²) in [4.78, 5) is 194. The van der Waals surface area contributed by atoms with E-state index in [4.69, 9.17) is 27.5 Å². The number of carboxylic acid groups (broad SMARTS) is 4. The van der Waals surface area contributed by atoms with Crippen molar-refractivity contribution in [2.45, 2.75) is 0 Å². The van der Waals surface area contributed by atoms with Crippen LogP contribution in [0.15, 0.2) is 0 Å². The topological polar surface area (TPSA) is 533 Å². The van der Waals surface area contributed by atoms with Crippen molar-refractivity contribution in [2.75, 3.05) is 118 Å². The maximum atomic E-state index is 12.8. The third-order valence-corrected chi connectivity index (χ3v) is 8.01. The van der Waals surface area contributed by atoms with Crippen molar-refractivity contribution in [1.29, 1.82) is 0 Å². The molecule has 0 aromatic carbocycles. The first-order valence-corrected chi connectivity index (χ1v) is 19.6. The molecule has 17 N–H and O–H groups in total. The highest BCUT2D eigenvalue weighted by atomic mass is 16.4. The van der Waals surface area contributed by atoms with Crippen LogP contribution in [0.25, 0.3) is 0 Å². The second-order valence-corrected chi connectivity index (χ2v) is 13.6. The maximum Gasteiger partial charge on any atom is 0.323 e. The van der Waals surface area contributed by atoms with Gasteiger partial charge in [-0.1, -0.05) is 0 Å². The van der Waals surface area contributed by atoms with Gasteiger partial charge in [0, 0.05) is 13.1 Å². The normalized spacial score (nSPS) is 10.1. The number of nitrogens with zero attached hydrogens (tertiary/aromatic N) is 5. The van der Waals surface area contributed by atoms with Gasteiger partial charge in [0.25, 0.3) is 5.91 Å². The zero-order valence-corrected chi connectivity index (χ0v) is 36.5. The van der Waals surface area contributed by atoms with E-state index in [1.54, 1.807) is 0 Å². The van der Waals surface area contributed by atoms with Crippen LogP contribution in [-0.4, -0.2) is 258 Å². The van der Waals surface area contributed by atoms with Gasteiger partial charge in [0.15, 0.2) is 0 Å². The van der Waals surface area contributed by atoms with Crippen molar-refractivity contribution in [2.24, 2.45) is 17.3 Å². The Labute approximate surface area is 388 Å². The Bertz CT molecular complexity index is 1970. The average molecular weight is 992 g/mol. The number of nitrogens with two attached hydrogens (primary N) is 3. The van der Waals surface area contributed by atoms with Gasteiger partial charge in [-0.15, -0.1) is 0 Å². The van der Waals surface area contributed by atoms with Crippen molar-refractivity contribution in [3.63, 3.8) is 0 Å². The number of rotatable bonds is 33. The van der Waals surface area contributed by atoms with Gasteiger partial charge < -0.3 is 88.7 Å². The van der Waals surface area contributed by atoms with Crippen LogP contribution in [0.4, 0.5) is 0 Å². The second kappa shape index (κ2) is 32.1. The molecule has 0 unspecified atom stereocenters. The van der Waals surface area contributed by atoms with Crippen LogP contribution >= 0.6 is 0 Å². The molecule has 35 nitrogen and oxygen atoms in total. The van der Waals surface area contributed by atoms with Crippen LogP contribution in [0, 0.1) is 0 Å². The van der Waals surface area contributed by atoms with Gasteiger partial charge in [-0.2, -0.15) is 0 Å². The molecule has 0 rings (SSSR count). The van der Waals surface area contributed by atoms with Gasteiger partial charge in [0.05, 0.1) is 45.8 Å². The average Bonchev–Trinajstić information content (AvgIpc) is 3.26. The fraction of sp³-hybridized carbons (Fsp3) is 0.529. The molecule has 384 valence electrons. The molecule has 0 spiro atoms. The molecular formula is C34H53N15O20. The monoisotopic (exact) mass is 991 g/mol. The molecule has 0 heterocycles. The van der Waals surface area contributed by atoms with Crippen molar-refractivity contribution in [1.82, 2.24) is 61.8 Å². The molecule has 0 bridgehead atoms. The smallest absolute Gasteiger partial charge is 0.323 e. The molecule has 0 saturated carbocycles. The Morgan fingerprint density at radius 3 is 0.884 bits per heavy atom. The summed E-state index contributed by atoms with van der Waals surface area (Å²) in [5.74, 6) is -12.5. The number of amides is 12. The first-order chi connectivity index (χ1) is 32.3. The van der Waals surface area contributed by atoms with Crippen molar-refractivity contribution in [3.05, 3.63) is 0 Å². The molecular weight excluding hydrogens is 938 g/mol. The van der Waals surface area contributed by atoms with E-state index >= 15 is 0 Å².